The quantitative estimate of drug-likeness (QED) is 0.814. The van der Waals surface area contributed by atoms with E-state index in [2.05, 4.69) is 10.5 Å². The molecular weight excluding hydrogens is 338 g/mol. The van der Waals surface area contributed by atoms with Gasteiger partial charge in [-0.05, 0) is 26.0 Å². The van der Waals surface area contributed by atoms with E-state index in [-0.39, 0.29) is 12.1 Å². The third-order valence-electron chi connectivity index (χ3n) is 3.67. The molecule has 0 fully saturated rings. The van der Waals surface area contributed by atoms with Gasteiger partial charge in [0, 0.05) is 24.7 Å². The summed E-state index contributed by atoms with van der Waals surface area (Å²) in [5.41, 5.74) is 1.36. The molecule has 1 heterocycles. The van der Waals surface area contributed by atoms with Crippen LogP contribution in [0.25, 0.3) is 11.3 Å². The van der Waals surface area contributed by atoms with Crippen LogP contribution in [-0.2, 0) is 6.54 Å². The summed E-state index contributed by atoms with van der Waals surface area (Å²) in [6.07, 6.45) is 0. The Kier molecular flexibility index (Phi) is 6.32. The van der Waals surface area contributed by atoms with Gasteiger partial charge in [0.2, 0.25) is 5.75 Å². The van der Waals surface area contributed by atoms with Crippen molar-refractivity contribution in [3.63, 3.8) is 0 Å². The highest BCUT2D eigenvalue weighted by Gasteiger charge is 2.18. The molecule has 0 bridgehead atoms. The van der Waals surface area contributed by atoms with Crippen molar-refractivity contribution >= 4 is 6.03 Å². The summed E-state index contributed by atoms with van der Waals surface area (Å²) in [5.74, 6) is 2.09. The summed E-state index contributed by atoms with van der Waals surface area (Å²) < 4.78 is 21.4. The molecule has 1 N–H and O–H groups in total. The summed E-state index contributed by atoms with van der Waals surface area (Å²) in [6.45, 7) is 4.14. The van der Waals surface area contributed by atoms with E-state index >= 15 is 0 Å². The molecule has 2 amide bonds. The average molecular weight is 363 g/mol. The van der Waals surface area contributed by atoms with Crippen molar-refractivity contribution in [1.82, 2.24) is 15.4 Å². The van der Waals surface area contributed by atoms with Gasteiger partial charge in [0.15, 0.2) is 17.3 Å². The lowest BCUT2D eigenvalue weighted by Crippen LogP contribution is -2.40. The molecule has 26 heavy (non-hydrogen) atoms. The van der Waals surface area contributed by atoms with Crippen LogP contribution in [-0.4, -0.2) is 50.5 Å². The van der Waals surface area contributed by atoms with Crippen LogP contribution in [0.2, 0.25) is 0 Å². The van der Waals surface area contributed by atoms with Gasteiger partial charge in [-0.15, -0.1) is 0 Å². The van der Waals surface area contributed by atoms with Crippen LogP contribution in [0, 0.1) is 0 Å². The first-order valence-electron chi connectivity index (χ1n) is 8.17. The molecule has 8 nitrogen and oxygen atoms in total. The summed E-state index contributed by atoms with van der Waals surface area (Å²) in [4.78, 5) is 13.5. The summed E-state index contributed by atoms with van der Waals surface area (Å²) in [5, 5.41) is 6.86. The number of amides is 2. The third kappa shape index (κ3) is 4.38. The lowest BCUT2D eigenvalue weighted by Gasteiger charge is -2.18. The second-order valence-corrected chi connectivity index (χ2v) is 6.06. The minimum Gasteiger partial charge on any atom is -0.493 e. The number of benzene rings is 1. The predicted molar refractivity (Wildman–Crippen MR) is 96.7 cm³/mol. The number of hydrogen-bond acceptors (Lipinski definition) is 6. The van der Waals surface area contributed by atoms with E-state index in [1.165, 1.54) is 4.90 Å². The Morgan fingerprint density at radius 3 is 2.27 bits per heavy atom. The lowest BCUT2D eigenvalue weighted by atomic mass is 10.1. The van der Waals surface area contributed by atoms with Gasteiger partial charge in [-0.1, -0.05) is 5.16 Å². The minimum absolute atomic E-state index is 0.0667. The maximum atomic E-state index is 12.0. The standard InChI is InChI=1S/C18H25N3O5/c1-11(2)19-18(22)21(3)10-13-9-14(26-20-13)12-7-15(23-4)17(25-6)16(8-12)24-5/h7-9,11H,10H2,1-6H3,(H,19,22). The minimum atomic E-state index is -0.169. The van der Waals surface area contributed by atoms with Crippen LogP contribution in [0.1, 0.15) is 19.5 Å². The summed E-state index contributed by atoms with van der Waals surface area (Å²) in [7, 11) is 6.35. The number of carbonyl (C=O) groups excluding carboxylic acids is 1. The van der Waals surface area contributed by atoms with E-state index in [0.29, 0.717) is 35.2 Å². The molecule has 142 valence electrons. The molecule has 1 aromatic carbocycles. The van der Waals surface area contributed by atoms with Crippen molar-refractivity contribution in [3.8, 4) is 28.6 Å². The zero-order valence-electron chi connectivity index (χ0n) is 16.0. The number of urea groups is 1. The molecule has 0 atom stereocenters. The van der Waals surface area contributed by atoms with Crippen LogP contribution in [0.15, 0.2) is 22.7 Å². The highest BCUT2D eigenvalue weighted by atomic mass is 16.5. The van der Waals surface area contributed by atoms with E-state index in [1.807, 2.05) is 13.8 Å². The van der Waals surface area contributed by atoms with E-state index in [1.54, 1.807) is 46.6 Å². The molecule has 0 aliphatic heterocycles. The van der Waals surface area contributed by atoms with Gasteiger partial charge in [0.05, 0.1) is 27.9 Å². The SMILES string of the molecule is COc1cc(-c2cc(CN(C)C(=O)NC(C)C)no2)cc(OC)c1OC. The second-order valence-electron chi connectivity index (χ2n) is 6.06. The van der Waals surface area contributed by atoms with E-state index in [4.69, 9.17) is 18.7 Å². The van der Waals surface area contributed by atoms with Gasteiger partial charge in [-0.2, -0.15) is 0 Å². The first-order chi connectivity index (χ1) is 12.4. The Bertz CT molecular complexity index is 732. The number of ether oxygens (including phenoxy) is 3. The van der Waals surface area contributed by atoms with Gasteiger partial charge >= 0.3 is 6.03 Å². The number of hydrogen-bond donors (Lipinski definition) is 1. The molecule has 1 aromatic heterocycles. The van der Waals surface area contributed by atoms with Crippen LogP contribution < -0.4 is 19.5 Å². The van der Waals surface area contributed by atoms with Crippen molar-refractivity contribution < 1.29 is 23.5 Å². The molecule has 0 radical (unpaired) electrons. The Balaban J connectivity index is 2.23. The first kappa shape index (κ1) is 19.4. The van der Waals surface area contributed by atoms with Crippen LogP contribution in [0.4, 0.5) is 4.79 Å². The van der Waals surface area contributed by atoms with Crippen LogP contribution in [0.5, 0.6) is 17.2 Å². The summed E-state index contributed by atoms with van der Waals surface area (Å²) in [6, 6.07) is 5.23. The molecule has 0 saturated carbocycles. The molecule has 0 spiro atoms. The largest absolute Gasteiger partial charge is 0.493 e. The molecular formula is C18H25N3O5. The molecule has 0 saturated heterocycles. The smallest absolute Gasteiger partial charge is 0.317 e. The van der Waals surface area contributed by atoms with E-state index in [0.717, 1.165) is 5.56 Å². The number of aromatic nitrogens is 1. The Hall–Kier alpha value is -2.90. The predicted octanol–water partition coefficient (Wildman–Crippen LogP) is 2.92. The van der Waals surface area contributed by atoms with E-state index < -0.39 is 0 Å². The van der Waals surface area contributed by atoms with E-state index in [9.17, 15) is 4.79 Å². The number of nitrogens with zero attached hydrogens (tertiary/aromatic N) is 2. The highest BCUT2D eigenvalue weighted by Crippen LogP contribution is 2.41. The second kappa shape index (κ2) is 8.46. The number of nitrogens with one attached hydrogen (secondary N) is 1. The van der Waals surface area contributed by atoms with Crippen molar-refractivity contribution in [2.24, 2.45) is 0 Å². The Morgan fingerprint density at radius 2 is 1.77 bits per heavy atom. The number of carbonyl (C=O) groups is 1. The van der Waals surface area contributed by atoms with Gasteiger partial charge in [-0.3, -0.25) is 0 Å². The van der Waals surface area contributed by atoms with Crippen LogP contribution >= 0.6 is 0 Å². The van der Waals surface area contributed by atoms with Gasteiger partial charge in [-0.25, -0.2) is 4.79 Å². The zero-order chi connectivity index (χ0) is 19.3. The molecule has 8 heteroatoms. The van der Waals surface area contributed by atoms with Gasteiger partial charge in [0.1, 0.15) is 5.69 Å². The third-order valence-corrected chi connectivity index (χ3v) is 3.67. The molecule has 0 unspecified atom stereocenters. The van der Waals surface area contributed by atoms with Crippen LogP contribution in [0.3, 0.4) is 0 Å². The van der Waals surface area contributed by atoms with Crippen molar-refractivity contribution in [1.29, 1.82) is 0 Å². The van der Waals surface area contributed by atoms with Crippen molar-refractivity contribution in [2.45, 2.75) is 26.4 Å². The maximum absolute atomic E-state index is 12.0. The van der Waals surface area contributed by atoms with Gasteiger partial charge in [0.25, 0.3) is 0 Å². The first-order valence-corrected chi connectivity index (χ1v) is 8.17. The fraction of sp³-hybridized carbons (Fsp3) is 0.444. The topological polar surface area (TPSA) is 86.1 Å². The number of rotatable bonds is 7. The zero-order valence-corrected chi connectivity index (χ0v) is 16.0. The highest BCUT2D eigenvalue weighted by molar-refractivity contribution is 5.74. The number of methoxy groups -OCH3 is 3. The monoisotopic (exact) mass is 363 g/mol. The van der Waals surface area contributed by atoms with Crippen molar-refractivity contribution in [3.05, 3.63) is 23.9 Å². The van der Waals surface area contributed by atoms with Gasteiger partial charge < -0.3 is 29.0 Å². The maximum Gasteiger partial charge on any atom is 0.317 e. The lowest BCUT2D eigenvalue weighted by molar-refractivity contribution is 0.203. The molecule has 2 rings (SSSR count). The summed E-state index contributed by atoms with van der Waals surface area (Å²) >= 11 is 0. The normalized spacial score (nSPS) is 10.6. The molecule has 0 aliphatic carbocycles. The Labute approximate surface area is 153 Å². The van der Waals surface area contributed by atoms with Crippen molar-refractivity contribution in [2.75, 3.05) is 28.4 Å². The average Bonchev–Trinajstić information content (AvgIpc) is 3.08. The fourth-order valence-corrected chi connectivity index (χ4v) is 2.42. The Morgan fingerprint density at radius 1 is 1.15 bits per heavy atom. The molecule has 2 aromatic rings. The molecule has 0 aliphatic rings. The fourth-order valence-electron chi connectivity index (χ4n) is 2.42.